The van der Waals surface area contributed by atoms with Gasteiger partial charge in [-0.1, -0.05) is 35.5 Å². The molecule has 0 aliphatic rings. The second kappa shape index (κ2) is 8.48. The standard InChI is InChI=1S/C18H24N2O3/c1-13-17(14(2)23-20-13)8-9-18(22)19-12-16(10-11-21)15-6-4-3-5-7-15/h3-7,16,21H,8-12H2,1-2H3,(H,19,22). The molecule has 1 heterocycles. The van der Waals surface area contributed by atoms with Gasteiger partial charge in [0.05, 0.1) is 5.69 Å². The number of hydrogen-bond acceptors (Lipinski definition) is 4. The molecule has 0 saturated heterocycles. The van der Waals surface area contributed by atoms with Gasteiger partial charge >= 0.3 is 0 Å². The SMILES string of the molecule is Cc1noc(C)c1CCC(=O)NCC(CCO)c1ccccc1. The molecule has 0 saturated carbocycles. The number of nitrogens with zero attached hydrogens (tertiary/aromatic N) is 1. The number of aliphatic hydroxyl groups is 1. The molecule has 2 N–H and O–H groups in total. The first-order chi connectivity index (χ1) is 11.1. The monoisotopic (exact) mass is 316 g/mol. The Hall–Kier alpha value is -2.14. The summed E-state index contributed by atoms with van der Waals surface area (Å²) in [5.41, 5.74) is 2.99. The Morgan fingerprint density at radius 3 is 2.65 bits per heavy atom. The van der Waals surface area contributed by atoms with E-state index in [9.17, 15) is 9.90 Å². The summed E-state index contributed by atoms with van der Waals surface area (Å²) in [7, 11) is 0. The zero-order valence-corrected chi connectivity index (χ0v) is 13.7. The summed E-state index contributed by atoms with van der Waals surface area (Å²) in [4.78, 5) is 12.1. The van der Waals surface area contributed by atoms with Gasteiger partial charge < -0.3 is 14.9 Å². The summed E-state index contributed by atoms with van der Waals surface area (Å²) in [6, 6.07) is 9.95. The van der Waals surface area contributed by atoms with Gasteiger partial charge in [0.1, 0.15) is 5.76 Å². The quantitative estimate of drug-likeness (QED) is 0.784. The number of rotatable bonds is 8. The predicted molar refractivity (Wildman–Crippen MR) is 88.2 cm³/mol. The maximum absolute atomic E-state index is 12.1. The Morgan fingerprint density at radius 2 is 2.04 bits per heavy atom. The molecule has 1 atom stereocenters. The van der Waals surface area contributed by atoms with Gasteiger partial charge in [0.25, 0.3) is 0 Å². The third kappa shape index (κ3) is 4.93. The molecule has 0 spiro atoms. The highest BCUT2D eigenvalue weighted by atomic mass is 16.5. The first-order valence-corrected chi connectivity index (χ1v) is 7.96. The number of benzene rings is 1. The fraction of sp³-hybridized carbons (Fsp3) is 0.444. The summed E-state index contributed by atoms with van der Waals surface area (Å²) in [6.07, 6.45) is 1.67. The van der Waals surface area contributed by atoms with Gasteiger partial charge in [0.2, 0.25) is 5.91 Å². The summed E-state index contributed by atoms with van der Waals surface area (Å²) >= 11 is 0. The Balaban J connectivity index is 1.84. The number of aryl methyl sites for hydroxylation is 2. The fourth-order valence-corrected chi connectivity index (χ4v) is 2.69. The number of aromatic nitrogens is 1. The number of nitrogens with one attached hydrogen (secondary N) is 1. The molecule has 0 radical (unpaired) electrons. The van der Waals surface area contributed by atoms with Crippen molar-refractivity contribution in [3.8, 4) is 0 Å². The smallest absolute Gasteiger partial charge is 0.220 e. The second-order valence-electron chi connectivity index (χ2n) is 5.73. The zero-order chi connectivity index (χ0) is 16.7. The van der Waals surface area contributed by atoms with E-state index < -0.39 is 0 Å². The molecule has 0 bridgehead atoms. The van der Waals surface area contributed by atoms with Crippen molar-refractivity contribution in [1.82, 2.24) is 10.5 Å². The average Bonchev–Trinajstić information content (AvgIpc) is 2.88. The minimum absolute atomic E-state index is 0.00358. The first-order valence-electron chi connectivity index (χ1n) is 7.96. The number of carbonyl (C=O) groups excluding carboxylic acids is 1. The Labute approximate surface area is 136 Å². The molecule has 1 unspecified atom stereocenters. The predicted octanol–water partition coefficient (Wildman–Crippen LogP) is 2.51. The summed E-state index contributed by atoms with van der Waals surface area (Å²) in [6.45, 7) is 4.38. The van der Waals surface area contributed by atoms with Crippen LogP contribution in [0.4, 0.5) is 0 Å². The molecule has 2 rings (SSSR count). The van der Waals surface area contributed by atoms with Crippen molar-refractivity contribution in [3.05, 3.63) is 52.9 Å². The summed E-state index contributed by atoms with van der Waals surface area (Å²) in [5.74, 6) is 0.908. The van der Waals surface area contributed by atoms with Gasteiger partial charge in [-0.3, -0.25) is 4.79 Å². The maximum Gasteiger partial charge on any atom is 0.220 e. The van der Waals surface area contributed by atoms with Crippen LogP contribution in [0.2, 0.25) is 0 Å². The molecular weight excluding hydrogens is 292 g/mol. The van der Waals surface area contributed by atoms with Gasteiger partial charge in [0.15, 0.2) is 0 Å². The van der Waals surface area contributed by atoms with Gasteiger partial charge in [-0.15, -0.1) is 0 Å². The third-order valence-electron chi connectivity index (χ3n) is 4.08. The van der Waals surface area contributed by atoms with Crippen LogP contribution >= 0.6 is 0 Å². The van der Waals surface area contributed by atoms with Crippen LogP contribution < -0.4 is 5.32 Å². The van der Waals surface area contributed by atoms with Crippen LogP contribution in [0, 0.1) is 13.8 Å². The van der Waals surface area contributed by atoms with Crippen LogP contribution in [0.25, 0.3) is 0 Å². The molecule has 23 heavy (non-hydrogen) atoms. The minimum atomic E-state index is 0.00358. The highest BCUT2D eigenvalue weighted by Crippen LogP contribution is 2.18. The molecule has 0 fully saturated rings. The van der Waals surface area contributed by atoms with Crippen molar-refractivity contribution in [2.24, 2.45) is 0 Å². The van der Waals surface area contributed by atoms with Crippen LogP contribution in [0.15, 0.2) is 34.9 Å². The molecule has 1 aromatic heterocycles. The first kappa shape index (κ1) is 17.2. The molecule has 0 aliphatic heterocycles. The lowest BCUT2D eigenvalue weighted by Crippen LogP contribution is -2.29. The van der Waals surface area contributed by atoms with Crippen LogP contribution in [0.3, 0.4) is 0 Å². The van der Waals surface area contributed by atoms with E-state index in [0.29, 0.717) is 25.8 Å². The molecule has 5 nitrogen and oxygen atoms in total. The zero-order valence-electron chi connectivity index (χ0n) is 13.7. The Kier molecular flexibility index (Phi) is 6.35. The number of amides is 1. The highest BCUT2D eigenvalue weighted by molar-refractivity contribution is 5.76. The number of carbonyl (C=O) groups is 1. The van der Waals surface area contributed by atoms with E-state index in [-0.39, 0.29) is 18.4 Å². The molecule has 124 valence electrons. The van der Waals surface area contributed by atoms with Crippen molar-refractivity contribution >= 4 is 5.91 Å². The van der Waals surface area contributed by atoms with E-state index in [1.807, 2.05) is 44.2 Å². The lowest BCUT2D eigenvalue weighted by molar-refractivity contribution is -0.121. The lowest BCUT2D eigenvalue weighted by atomic mass is 9.96. The van der Waals surface area contributed by atoms with Crippen molar-refractivity contribution in [2.75, 3.05) is 13.2 Å². The molecular formula is C18H24N2O3. The third-order valence-corrected chi connectivity index (χ3v) is 4.08. The van der Waals surface area contributed by atoms with E-state index >= 15 is 0 Å². The van der Waals surface area contributed by atoms with Crippen molar-refractivity contribution in [3.63, 3.8) is 0 Å². The molecule has 1 amide bonds. The van der Waals surface area contributed by atoms with Gasteiger partial charge in [0, 0.05) is 31.1 Å². The topological polar surface area (TPSA) is 75.4 Å². The highest BCUT2D eigenvalue weighted by Gasteiger charge is 2.14. The van der Waals surface area contributed by atoms with Crippen LogP contribution in [-0.2, 0) is 11.2 Å². The molecule has 0 aliphatic carbocycles. The largest absolute Gasteiger partial charge is 0.396 e. The van der Waals surface area contributed by atoms with Crippen molar-refractivity contribution in [2.45, 2.75) is 39.0 Å². The van der Waals surface area contributed by atoms with Gasteiger partial charge in [-0.2, -0.15) is 0 Å². The molecule has 2 aromatic rings. The van der Waals surface area contributed by atoms with Gasteiger partial charge in [-0.25, -0.2) is 0 Å². The number of aliphatic hydroxyl groups excluding tert-OH is 1. The summed E-state index contributed by atoms with van der Waals surface area (Å²) in [5, 5.41) is 16.1. The van der Waals surface area contributed by atoms with Crippen molar-refractivity contribution in [1.29, 1.82) is 0 Å². The van der Waals surface area contributed by atoms with Crippen molar-refractivity contribution < 1.29 is 14.4 Å². The van der Waals surface area contributed by atoms with E-state index in [2.05, 4.69) is 10.5 Å². The maximum atomic E-state index is 12.1. The van der Waals surface area contributed by atoms with Crippen LogP contribution in [-0.4, -0.2) is 29.3 Å². The second-order valence-corrected chi connectivity index (χ2v) is 5.73. The van der Waals surface area contributed by atoms with E-state index in [0.717, 1.165) is 22.6 Å². The number of hydrogen-bond donors (Lipinski definition) is 2. The Morgan fingerprint density at radius 1 is 1.30 bits per heavy atom. The fourth-order valence-electron chi connectivity index (χ4n) is 2.69. The molecule has 5 heteroatoms. The van der Waals surface area contributed by atoms with Crippen LogP contribution in [0.5, 0.6) is 0 Å². The van der Waals surface area contributed by atoms with E-state index in [4.69, 9.17) is 4.52 Å². The molecule has 1 aromatic carbocycles. The average molecular weight is 316 g/mol. The summed E-state index contributed by atoms with van der Waals surface area (Å²) < 4.78 is 5.11. The lowest BCUT2D eigenvalue weighted by Gasteiger charge is -2.17. The minimum Gasteiger partial charge on any atom is -0.396 e. The van der Waals surface area contributed by atoms with E-state index in [1.165, 1.54) is 0 Å². The van der Waals surface area contributed by atoms with Gasteiger partial charge in [-0.05, 0) is 32.3 Å². The van der Waals surface area contributed by atoms with Crippen LogP contribution in [0.1, 0.15) is 41.3 Å². The van der Waals surface area contributed by atoms with E-state index in [1.54, 1.807) is 0 Å². The normalized spacial score (nSPS) is 12.1. The Bertz CT molecular complexity index is 603.